The van der Waals surface area contributed by atoms with Crippen LogP contribution in [0.2, 0.25) is 0 Å². The molecular weight excluding hydrogens is 466 g/mol. The molecule has 35 heavy (non-hydrogen) atoms. The van der Waals surface area contributed by atoms with Crippen LogP contribution in [0.5, 0.6) is 5.75 Å². The molecule has 0 heterocycles. The molecule has 0 unspecified atom stereocenters. The van der Waals surface area contributed by atoms with Gasteiger partial charge in [-0.15, -0.1) is 5.11 Å². The van der Waals surface area contributed by atoms with Crippen molar-refractivity contribution in [2.24, 2.45) is 20.5 Å². The van der Waals surface area contributed by atoms with Gasteiger partial charge in [-0.1, -0.05) is 29.8 Å². The molecule has 0 amide bonds. The molecule has 4 aromatic carbocycles. The van der Waals surface area contributed by atoms with Gasteiger partial charge in [0, 0.05) is 11.1 Å². The van der Waals surface area contributed by atoms with E-state index in [2.05, 4.69) is 20.5 Å². The predicted molar refractivity (Wildman–Crippen MR) is 135 cm³/mol. The van der Waals surface area contributed by atoms with Gasteiger partial charge in [0.1, 0.15) is 10.6 Å². The number of aromatic hydroxyl groups is 1. The molecule has 0 aromatic heterocycles. The van der Waals surface area contributed by atoms with Gasteiger partial charge in [0.2, 0.25) is 0 Å². The van der Waals surface area contributed by atoms with Gasteiger partial charge in [-0.25, -0.2) is 0 Å². The topological polar surface area (TPSA) is 150 Å². The molecule has 0 radical (unpaired) electrons. The molecule has 0 aliphatic rings. The van der Waals surface area contributed by atoms with Crippen LogP contribution in [0.25, 0.3) is 10.8 Å². The molecule has 0 saturated carbocycles. The lowest BCUT2D eigenvalue weighted by Crippen LogP contribution is -1.99. The fraction of sp³-hybridized carbons (Fsp3) is 0.120. The maximum atomic E-state index is 12.0. The van der Waals surface area contributed by atoms with Crippen LogP contribution in [0, 0.1) is 20.8 Å². The first-order valence-electron chi connectivity index (χ1n) is 10.6. The first-order chi connectivity index (χ1) is 16.5. The Labute approximate surface area is 202 Å². The number of nitrogen functional groups attached to an aromatic ring is 1. The molecule has 4 rings (SSSR count). The second-order valence-electron chi connectivity index (χ2n) is 8.15. The highest BCUT2D eigenvalue weighted by atomic mass is 32.2. The van der Waals surface area contributed by atoms with Crippen molar-refractivity contribution in [2.75, 3.05) is 5.73 Å². The summed E-state index contributed by atoms with van der Waals surface area (Å²) in [4.78, 5) is -0.574. The highest BCUT2D eigenvalue weighted by molar-refractivity contribution is 7.86. The number of hydrogen-bond acceptors (Lipinski definition) is 8. The molecule has 0 aliphatic carbocycles. The third-order valence-electron chi connectivity index (χ3n) is 5.47. The molecule has 0 saturated heterocycles. The second-order valence-corrected chi connectivity index (χ2v) is 9.54. The van der Waals surface area contributed by atoms with E-state index in [1.165, 1.54) is 6.07 Å². The van der Waals surface area contributed by atoms with Crippen LogP contribution in [0.3, 0.4) is 0 Å². The van der Waals surface area contributed by atoms with Crippen molar-refractivity contribution in [1.82, 2.24) is 0 Å². The third kappa shape index (κ3) is 5.03. The highest BCUT2D eigenvalue weighted by Crippen LogP contribution is 2.43. The molecule has 0 spiro atoms. The van der Waals surface area contributed by atoms with E-state index in [9.17, 15) is 18.1 Å². The van der Waals surface area contributed by atoms with Gasteiger partial charge in [0.15, 0.2) is 5.75 Å². The standard InChI is InChI=1S/C25H23N5O4S/c1-14-7-9-18(10-8-14)27-28-20-11-16(3)21(12-15(20)2)29-30-24-22(35(32,33)34)13-17-5-4-6-19(26)23(17)25(24)31/h4-13,31H,26H2,1-3H3,(H,32,33,34). The van der Waals surface area contributed by atoms with Crippen LogP contribution in [0.4, 0.5) is 28.4 Å². The Hall–Kier alpha value is -4.15. The average molecular weight is 490 g/mol. The van der Waals surface area contributed by atoms with Gasteiger partial charge in [-0.05, 0) is 73.7 Å². The minimum Gasteiger partial charge on any atom is -0.505 e. The van der Waals surface area contributed by atoms with Gasteiger partial charge < -0.3 is 10.8 Å². The minimum atomic E-state index is -4.71. The van der Waals surface area contributed by atoms with E-state index in [1.807, 2.05) is 38.1 Å². The normalized spacial score (nSPS) is 12.2. The summed E-state index contributed by atoms with van der Waals surface area (Å²) in [5.41, 5.74) is 10.2. The largest absolute Gasteiger partial charge is 0.505 e. The zero-order valence-corrected chi connectivity index (χ0v) is 20.1. The summed E-state index contributed by atoms with van der Waals surface area (Å²) in [6.07, 6.45) is 0. The van der Waals surface area contributed by atoms with E-state index in [1.54, 1.807) is 37.3 Å². The Kier molecular flexibility index (Phi) is 6.33. The summed E-state index contributed by atoms with van der Waals surface area (Å²) in [6.45, 7) is 5.62. The minimum absolute atomic E-state index is 0.216. The lowest BCUT2D eigenvalue weighted by Gasteiger charge is -2.10. The number of aryl methyl sites for hydroxylation is 3. The van der Waals surface area contributed by atoms with Crippen LogP contribution >= 0.6 is 0 Å². The van der Waals surface area contributed by atoms with E-state index in [0.717, 1.165) is 16.8 Å². The Morgan fingerprint density at radius 1 is 0.800 bits per heavy atom. The number of hydrogen-bond donors (Lipinski definition) is 3. The maximum absolute atomic E-state index is 12.0. The van der Waals surface area contributed by atoms with E-state index >= 15 is 0 Å². The number of phenols is 1. The smallest absolute Gasteiger partial charge is 0.296 e. The first-order valence-corrected chi connectivity index (χ1v) is 12.0. The quantitative estimate of drug-likeness (QED) is 0.155. The van der Waals surface area contributed by atoms with Gasteiger partial charge >= 0.3 is 0 Å². The van der Waals surface area contributed by atoms with E-state index < -0.39 is 26.5 Å². The van der Waals surface area contributed by atoms with E-state index in [0.29, 0.717) is 22.3 Å². The van der Waals surface area contributed by atoms with E-state index in [-0.39, 0.29) is 11.1 Å². The molecule has 0 aliphatic heterocycles. The summed E-state index contributed by atoms with van der Waals surface area (Å²) < 4.78 is 33.7. The number of phenolic OH excluding ortho intramolecular Hbond substituents is 1. The fourth-order valence-electron chi connectivity index (χ4n) is 3.55. The van der Waals surface area contributed by atoms with Crippen LogP contribution < -0.4 is 5.73 Å². The van der Waals surface area contributed by atoms with Crippen molar-refractivity contribution in [2.45, 2.75) is 25.7 Å². The molecule has 4 N–H and O–H groups in total. The summed E-state index contributed by atoms with van der Waals surface area (Å²) in [5, 5.41) is 28.1. The number of nitrogens with zero attached hydrogens (tertiary/aromatic N) is 4. The Bertz CT molecular complexity index is 1610. The second kappa shape index (κ2) is 9.24. The highest BCUT2D eigenvalue weighted by Gasteiger charge is 2.23. The number of rotatable bonds is 5. The van der Waals surface area contributed by atoms with Crippen LogP contribution in [-0.2, 0) is 10.1 Å². The molecule has 178 valence electrons. The van der Waals surface area contributed by atoms with Crippen molar-refractivity contribution >= 4 is 49.3 Å². The molecular formula is C25H23N5O4S. The average Bonchev–Trinajstić information content (AvgIpc) is 2.79. The molecule has 0 bridgehead atoms. The Morgan fingerprint density at radius 2 is 1.40 bits per heavy atom. The summed E-state index contributed by atoms with van der Waals surface area (Å²) >= 11 is 0. The molecule has 0 fully saturated rings. The van der Waals surface area contributed by atoms with Crippen LogP contribution in [0.1, 0.15) is 16.7 Å². The predicted octanol–water partition coefficient (Wildman–Crippen LogP) is 7.13. The third-order valence-corrected chi connectivity index (χ3v) is 6.33. The zero-order chi connectivity index (χ0) is 25.3. The summed E-state index contributed by atoms with van der Waals surface area (Å²) in [5.74, 6) is -0.491. The van der Waals surface area contributed by atoms with Crippen molar-refractivity contribution in [3.63, 3.8) is 0 Å². The van der Waals surface area contributed by atoms with Gasteiger partial charge in [0.25, 0.3) is 10.1 Å². The van der Waals surface area contributed by atoms with Crippen molar-refractivity contribution in [3.8, 4) is 5.75 Å². The van der Waals surface area contributed by atoms with Crippen LogP contribution in [0.15, 0.2) is 86.0 Å². The number of benzene rings is 4. The number of anilines is 1. The van der Waals surface area contributed by atoms with Gasteiger partial charge in [0.05, 0.1) is 17.1 Å². The molecule has 9 nitrogen and oxygen atoms in total. The number of fused-ring (bicyclic) bond motifs is 1. The molecule has 0 atom stereocenters. The maximum Gasteiger partial charge on any atom is 0.296 e. The zero-order valence-electron chi connectivity index (χ0n) is 19.3. The SMILES string of the molecule is Cc1ccc(N=Nc2cc(C)c(N=Nc3c(S(=O)(=O)O)cc4cccc(N)c4c3O)cc2C)cc1. The first kappa shape index (κ1) is 24.0. The van der Waals surface area contributed by atoms with Gasteiger partial charge in [-0.3, -0.25) is 4.55 Å². The summed E-state index contributed by atoms with van der Waals surface area (Å²) in [6, 6.07) is 17.1. The Balaban J connectivity index is 1.75. The van der Waals surface area contributed by atoms with Crippen molar-refractivity contribution in [3.05, 3.63) is 77.4 Å². The number of nitrogens with two attached hydrogens (primary N) is 1. The molecule has 4 aromatic rings. The lowest BCUT2D eigenvalue weighted by atomic mass is 10.1. The number of azo groups is 2. The summed E-state index contributed by atoms with van der Waals surface area (Å²) in [7, 11) is -4.71. The van der Waals surface area contributed by atoms with Gasteiger partial charge in [-0.2, -0.15) is 23.8 Å². The molecule has 10 heteroatoms. The lowest BCUT2D eigenvalue weighted by molar-refractivity contribution is 0.472. The van der Waals surface area contributed by atoms with Crippen LogP contribution in [-0.4, -0.2) is 18.1 Å². The van der Waals surface area contributed by atoms with Crippen molar-refractivity contribution < 1.29 is 18.1 Å². The Morgan fingerprint density at radius 3 is 2.00 bits per heavy atom. The van der Waals surface area contributed by atoms with Crippen molar-refractivity contribution in [1.29, 1.82) is 0 Å². The van der Waals surface area contributed by atoms with E-state index in [4.69, 9.17) is 5.73 Å². The fourth-order valence-corrected chi connectivity index (χ4v) is 4.21. The monoisotopic (exact) mass is 489 g/mol.